The first kappa shape index (κ1) is 13.3. The minimum atomic E-state index is -0.672. The van der Waals surface area contributed by atoms with Crippen LogP contribution in [-0.2, 0) is 4.79 Å². The quantitative estimate of drug-likeness (QED) is 0.772. The van der Waals surface area contributed by atoms with Crippen LogP contribution in [0.1, 0.15) is 26.2 Å². The van der Waals surface area contributed by atoms with E-state index in [9.17, 15) is 4.79 Å². The average Bonchev–Trinajstić information content (AvgIpc) is 3.20. The van der Waals surface area contributed by atoms with Crippen molar-refractivity contribution >= 4 is 5.91 Å². The van der Waals surface area contributed by atoms with Gasteiger partial charge in [-0.1, -0.05) is 0 Å². The molecule has 2 N–H and O–H groups in total. The Hall–Kier alpha value is -1.12. The lowest BCUT2D eigenvalue weighted by Gasteiger charge is -2.38. The molecule has 2 rings (SSSR count). The lowest BCUT2D eigenvalue weighted by molar-refractivity contribution is -0.139. The zero-order valence-corrected chi connectivity index (χ0v) is 11.1. The van der Waals surface area contributed by atoms with Crippen molar-refractivity contribution in [3.63, 3.8) is 0 Å². The summed E-state index contributed by atoms with van der Waals surface area (Å²) in [7, 11) is 0. The van der Waals surface area contributed by atoms with Crippen molar-refractivity contribution < 1.29 is 4.79 Å². The summed E-state index contributed by atoms with van der Waals surface area (Å²) in [5, 5.41) is 8.55. The molecule has 1 unspecified atom stereocenters. The van der Waals surface area contributed by atoms with Crippen molar-refractivity contribution in [3.05, 3.63) is 0 Å². The standard InChI is InChI=1S/C13H22N4O/c1-13(15,11-3-4-11)12(18)17-9-7-16(8-10-17)6-2-5-14/h11H,2-4,6-10,15H2,1H3. The molecule has 2 fully saturated rings. The van der Waals surface area contributed by atoms with Gasteiger partial charge in [-0.05, 0) is 25.7 Å². The highest BCUT2D eigenvalue weighted by Gasteiger charge is 2.46. The first-order valence-corrected chi connectivity index (χ1v) is 6.73. The molecule has 1 atom stereocenters. The third-order valence-electron chi connectivity index (χ3n) is 4.09. The van der Waals surface area contributed by atoms with Crippen LogP contribution in [0.25, 0.3) is 0 Å². The molecule has 2 aliphatic rings. The van der Waals surface area contributed by atoms with Gasteiger partial charge in [-0.15, -0.1) is 0 Å². The maximum atomic E-state index is 12.4. The Bertz CT molecular complexity index is 348. The fraction of sp³-hybridized carbons (Fsp3) is 0.846. The largest absolute Gasteiger partial charge is 0.339 e. The number of hydrogen-bond acceptors (Lipinski definition) is 4. The molecular formula is C13H22N4O. The predicted octanol–water partition coefficient (Wildman–Crippen LogP) is 0.172. The molecule has 1 aliphatic carbocycles. The van der Waals surface area contributed by atoms with Gasteiger partial charge in [0, 0.05) is 39.1 Å². The zero-order chi connectivity index (χ0) is 13.2. The summed E-state index contributed by atoms with van der Waals surface area (Å²) < 4.78 is 0. The van der Waals surface area contributed by atoms with E-state index in [1.807, 2.05) is 11.8 Å². The molecule has 5 heteroatoms. The molecule has 100 valence electrons. The molecule has 0 aromatic rings. The van der Waals surface area contributed by atoms with E-state index in [4.69, 9.17) is 11.0 Å². The normalized spacial score (nSPS) is 24.4. The molecule has 1 saturated carbocycles. The van der Waals surface area contributed by atoms with Crippen molar-refractivity contribution in [1.82, 2.24) is 9.80 Å². The van der Waals surface area contributed by atoms with Crippen molar-refractivity contribution in [3.8, 4) is 6.07 Å². The minimum Gasteiger partial charge on any atom is -0.339 e. The van der Waals surface area contributed by atoms with Crippen LogP contribution in [0.15, 0.2) is 0 Å². The van der Waals surface area contributed by atoms with Crippen molar-refractivity contribution in [1.29, 1.82) is 5.26 Å². The first-order chi connectivity index (χ1) is 8.55. The van der Waals surface area contributed by atoms with Gasteiger partial charge in [-0.2, -0.15) is 5.26 Å². The van der Waals surface area contributed by atoms with Crippen LogP contribution in [0.5, 0.6) is 0 Å². The lowest BCUT2D eigenvalue weighted by atomic mass is 9.95. The van der Waals surface area contributed by atoms with E-state index in [0.29, 0.717) is 12.3 Å². The van der Waals surface area contributed by atoms with Gasteiger partial charge in [0.1, 0.15) is 0 Å². The molecule has 1 amide bonds. The highest BCUT2D eigenvalue weighted by molar-refractivity contribution is 5.86. The third kappa shape index (κ3) is 2.82. The Kier molecular flexibility index (Phi) is 3.88. The molecular weight excluding hydrogens is 228 g/mol. The smallest absolute Gasteiger partial charge is 0.242 e. The van der Waals surface area contributed by atoms with Crippen LogP contribution < -0.4 is 5.73 Å². The molecule has 0 spiro atoms. The van der Waals surface area contributed by atoms with Gasteiger partial charge >= 0.3 is 0 Å². The average molecular weight is 250 g/mol. The van der Waals surface area contributed by atoms with Crippen LogP contribution in [-0.4, -0.2) is 54.0 Å². The molecule has 0 bridgehead atoms. The fourth-order valence-electron chi connectivity index (χ4n) is 2.58. The number of carbonyl (C=O) groups excluding carboxylic acids is 1. The van der Waals surface area contributed by atoms with Crippen molar-refractivity contribution in [2.24, 2.45) is 11.7 Å². The van der Waals surface area contributed by atoms with E-state index in [1.54, 1.807) is 0 Å². The number of nitriles is 1. The molecule has 0 aromatic carbocycles. The number of piperazine rings is 1. The zero-order valence-electron chi connectivity index (χ0n) is 11.1. The molecule has 5 nitrogen and oxygen atoms in total. The SMILES string of the molecule is CC(N)(C(=O)N1CCN(CCC#N)CC1)C1CC1. The molecule has 0 radical (unpaired) electrons. The molecule has 1 aliphatic heterocycles. The first-order valence-electron chi connectivity index (χ1n) is 6.73. The van der Waals surface area contributed by atoms with E-state index < -0.39 is 5.54 Å². The highest BCUT2D eigenvalue weighted by Crippen LogP contribution is 2.39. The molecule has 1 heterocycles. The molecule has 18 heavy (non-hydrogen) atoms. The number of nitrogens with zero attached hydrogens (tertiary/aromatic N) is 3. The summed E-state index contributed by atoms with van der Waals surface area (Å²) in [6.07, 6.45) is 2.73. The van der Waals surface area contributed by atoms with Gasteiger partial charge in [0.05, 0.1) is 11.6 Å². The van der Waals surface area contributed by atoms with Gasteiger partial charge in [-0.3, -0.25) is 9.69 Å². The van der Waals surface area contributed by atoms with Gasteiger partial charge in [0.25, 0.3) is 0 Å². The van der Waals surface area contributed by atoms with Crippen LogP contribution >= 0.6 is 0 Å². The lowest BCUT2D eigenvalue weighted by Crippen LogP contribution is -2.59. The predicted molar refractivity (Wildman–Crippen MR) is 68.6 cm³/mol. The Balaban J connectivity index is 1.82. The van der Waals surface area contributed by atoms with Crippen LogP contribution in [0, 0.1) is 17.2 Å². The monoisotopic (exact) mass is 250 g/mol. The summed E-state index contributed by atoms with van der Waals surface area (Å²) in [6, 6.07) is 2.15. The second-order valence-electron chi connectivity index (χ2n) is 5.60. The Morgan fingerprint density at radius 3 is 2.50 bits per heavy atom. The molecule has 0 aromatic heterocycles. The summed E-state index contributed by atoms with van der Waals surface area (Å²) in [5.74, 6) is 0.478. The molecule has 1 saturated heterocycles. The Morgan fingerprint density at radius 1 is 1.39 bits per heavy atom. The highest BCUT2D eigenvalue weighted by atomic mass is 16.2. The van der Waals surface area contributed by atoms with E-state index in [-0.39, 0.29) is 5.91 Å². The summed E-state index contributed by atoms with van der Waals surface area (Å²) in [4.78, 5) is 16.5. The second kappa shape index (κ2) is 5.25. The van der Waals surface area contributed by atoms with Gasteiger partial charge in [0.2, 0.25) is 5.91 Å². The Morgan fingerprint density at radius 2 is 2.00 bits per heavy atom. The minimum absolute atomic E-state index is 0.102. The van der Waals surface area contributed by atoms with E-state index in [1.165, 1.54) is 0 Å². The number of nitrogens with two attached hydrogens (primary N) is 1. The summed E-state index contributed by atoms with van der Waals surface area (Å²) >= 11 is 0. The van der Waals surface area contributed by atoms with Crippen LogP contribution in [0.3, 0.4) is 0 Å². The summed E-state index contributed by atoms with van der Waals surface area (Å²) in [5.41, 5.74) is 5.49. The van der Waals surface area contributed by atoms with Gasteiger partial charge in [0.15, 0.2) is 0 Å². The van der Waals surface area contributed by atoms with E-state index >= 15 is 0 Å². The number of rotatable bonds is 4. The van der Waals surface area contributed by atoms with E-state index in [2.05, 4.69) is 11.0 Å². The van der Waals surface area contributed by atoms with Crippen LogP contribution in [0.2, 0.25) is 0 Å². The van der Waals surface area contributed by atoms with E-state index in [0.717, 1.165) is 45.6 Å². The van der Waals surface area contributed by atoms with Crippen molar-refractivity contribution in [2.75, 3.05) is 32.7 Å². The Labute approximate surface area is 109 Å². The third-order valence-corrected chi connectivity index (χ3v) is 4.09. The number of hydrogen-bond donors (Lipinski definition) is 1. The van der Waals surface area contributed by atoms with Gasteiger partial charge in [-0.25, -0.2) is 0 Å². The van der Waals surface area contributed by atoms with Crippen molar-refractivity contribution in [2.45, 2.75) is 31.7 Å². The maximum Gasteiger partial charge on any atom is 0.242 e. The van der Waals surface area contributed by atoms with Gasteiger partial charge < -0.3 is 10.6 Å². The maximum absolute atomic E-state index is 12.4. The fourth-order valence-corrected chi connectivity index (χ4v) is 2.58. The topological polar surface area (TPSA) is 73.4 Å². The number of carbonyl (C=O) groups is 1. The second-order valence-corrected chi connectivity index (χ2v) is 5.60. The number of amides is 1. The summed E-state index contributed by atoms with van der Waals surface area (Å²) in [6.45, 7) is 5.87. The van der Waals surface area contributed by atoms with Crippen LogP contribution in [0.4, 0.5) is 0 Å².